The van der Waals surface area contributed by atoms with E-state index < -0.39 is 0 Å². The summed E-state index contributed by atoms with van der Waals surface area (Å²) in [5.41, 5.74) is 2.41. The van der Waals surface area contributed by atoms with Crippen LogP contribution in [0.25, 0.3) is 0 Å². The molecule has 0 aromatic carbocycles. The van der Waals surface area contributed by atoms with Gasteiger partial charge in [-0.3, -0.25) is 4.99 Å². The fraction of sp³-hybridized carbons (Fsp3) is 0.667. The van der Waals surface area contributed by atoms with Gasteiger partial charge in [0, 0.05) is 36.9 Å². The number of hydrogen-bond acceptors (Lipinski definition) is 5. The minimum absolute atomic E-state index is 0. The maximum absolute atomic E-state index is 5.47. The largest absolute Gasteiger partial charge is 0.359 e. The third-order valence-electron chi connectivity index (χ3n) is 5.38. The molecule has 2 heterocycles. The topological polar surface area (TPSA) is 75.3 Å². The first-order valence-corrected chi connectivity index (χ1v) is 11.4. The first-order valence-electron chi connectivity index (χ1n) is 10.6. The van der Waals surface area contributed by atoms with Crippen molar-refractivity contribution in [2.45, 2.75) is 77.7 Å². The second-order valence-electron chi connectivity index (χ2n) is 7.37. The number of aryl methyl sites for hydroxylation is 3. The molecule has 0 bridgehead atoms. The van der Waals surface area contributed by atoms with Crippen LogP contribution in [0.2, 0.25) is 0 Å². The molecule has 0 spiro atoms. The summed E-state index contributed by atoms with van der Waals surface area (Å²) in [5.74, 6) is 2.11. The Morgan fingerprint density at radius 1 is 1.24 bits per heavy atom. The molecule has 0 atom stereocenters. The number of halogens is 1. The SMILES string of the molecule is CCC(CC)c1cc(CNC(=NC)NCCCc2nc3c(s2)CCCC3)on1.I. The molecule has 2 aromatic rings. The van der Waals surface area contributed by atoms with Gasteiger partial charge in [-0.15, -0.1) is 35.3 Å². The number of fused-ring (bicyclic) bond motifs is 1. The molecule has 1 aliphatic carbocycles. The summed E-state index contributed by atoms with van der Waals surface area (Å²) in [6.45, 7) is 5.84. The van der Waals surface area contributed by atoms with Gasteiger partial charge in [-0.1, -0.05) is 19.0 Å². The lowest BCUT2D eigenvalue weighted by atomic mass is 9.99. The van der Waals surface area contributed by atoms with Crippen molar-refractivity contribution in [3.05, 3.63) is 33.1 Å². The van der Waals surface area contributed by atoms with E-state index in [2.05, 4.69) is 40.7 Å². The molecule has 0 radical (unpaired) electrons. The summed E-state index contributed by atoms with van der Waals surface area (Å²) in [4.78, 5) is 10.6. The molecule has 0 unspecified atom stereocenters. The van der Waals surface area contributed by atoms with E-state index in [4.69, 9.17) is 9.51 Å². The first kappa shape index (κ1) is 24.1. The van der Waals surface area contributed by atoms with E-state index in [1.165, 1.54) is 41.3 Å². The zero-order valence-electron chi connectivity index (χ0n) is 17.8. The quantitative estimate of drug-likeness (QED) is 0.210. The third-order valence-corrected chi connectivity index (χ3v) is 6.60. The molecule has 0 fully saturated rings. The molecule has 1 aliphatic rings. The molecule has 8 heteroatoms. The molecule has 162 valence electrons. The third kappa shape index (κ3) is 6.94. The zero-order chi connectivity index (χ0) is 19.8. The minimum Gasteiger partial charge on any atom is -0.359 e. The lowest BCUT2D eigenvalue weighted by Gasteiger charge is -2.10. The molecule has 0 saturated heterocycles. The van der Waals surface area contributed by atoms with Gasteiger partial charge < -0.3 is 15.2 Å². The molecular formula is C21H34IN5OS. The number of nitrogens with one attached hydrogen (secondary N) is 2. The van der Waals surface area contributed by atoms with Gasteiger partial charge in [0.25, 0.3) is 0 Å². The van der Waals surface area contributed by atoms with Gasteiger partial charge in [-0.25, -0.2) is 4.98 Å². The average Bonchev–Trinajstić information content (AvgIpc) is 3.35. The number of aromatic nitrogens is 2. The summed E-state index contributed by atoms with van der Waals surface area (Å²) >= 11 is 1.91. The summed E-state index contributed by atoms with van der Waals surface area (Å²) in [6, 6.07) is 2.06. The maximum atomic E-state index is 5.47. The van der Waals surface area contributed by atoms with Crippen molar-refractivity contribution < 1.29 is 4.52 Å². The summed E-state index contributed by atoms with van der Waals surface area (Å²) < 4.78 is 5.47. The summed E-state index contributed by atoms with van der Waals surface area (Å²) in [7, 11) is 1.79. The van der Waals surface area contributed by atoms with Gasteiger partial charge in [0.2, 0.25) is 0 Å². The van der Waals surface area contributed by atoms with Gasteiger partial charge in [-0.05, 0) is 44.9 Å². The number of aliphatic imine (C=N–C) groups is 1. The summed E-state index contributed by atoms with van der Waals surface area (Å²) in [6.07, 6.45) is 9.26. The lowest BCUT2D eigenvalue weighted by Crippen LogP contribution is -2.37. The van der Waals surface area contributed by atoms with Gasteiger partial charge in [0.1, 0.15) is 0 Å². The van der Waals surface area contributed by atoms with Crippen LogP contribution in [0.4, 0.5) is 0 Å². The fourth-order valence-electron chi connectivity index (χ4n) is 3.66. The van der Waals surface area contributed by atoms with Crippen molar-refractivity contribution in [3.63, 3.8) is 0 Å². The van der Waals surface area contributed by atoms with Crippen LogP contribution < -0.4 is 10.6 Å². The van der Waals surface area contributed by atoms with Crippen molar-refractivity contribution in [2.75, 3.05) is 13.6 Å². The molecule has 29 heavy (non-hydrogen) atoms. The van der Waals surface area contributed by atoms with Crippen LogP contribution >= 0.6 is 35.3 Å². The van der Waals surface area contributed by atoms with Gasteiger partial charge in [0.05, 0.1) is 22.9 Å². The lowest BCUT2D eigenvalue weighted by molar-refractivity contribution is 0.368. The standard InChI is InChI=1S/C21H33N5OS.HI/c1-4-15(5-2)18-13-16(27-26-18)14-24-21(22-3)23-12-8-11-20-25-17-9-6-7-10-19(17)28-20;/h13,15H,4-12,14H2,1-3H3,(H2,22,23,24);1H. The predicted molar refractivity (Wildman–Crippen MR) is 131 cm³/mol. The molecule has 2 N–H and O–H groups in total. The van der Waals surface area contributed by atoms with Crippen LogP contribution in [0.1, 0.15) is 78.9 Å². The maximum Gasteiger partial charge on any atom is 0.191 e. The molecular weight excluding hydrogens is 497 g/mol. The van der Waals surface area contributed by atoms with Gasteiger partial charge in [0.15, 0.2) is 11.7 Å². The monoisotopic (exact) mass is 531 g/mol. The molecule has 0 amide bonds. The zero-order valence-corrected chi connectivity index (χ0v) is 20.9. The van der Waals surface area contributed by atoms with Gasteiger partial charge >= 0.3 is 0 Å². The van der Waals surface area contributed by atoms with Gasteiger partial charge in [-0.2, -0.15) is 0 Å². The van der Waals surface area contributed by atoms with Crippen molar-refractivity contribution >= 4 is 41.3 Å². The van der Waals surface area contributed by atoms with E-state index in [1.54, 1.807) is 7.05 Å². The highest BCUT2D eigenvalue weighted by atomic mass is 127. The highest BCUT2D eigenvalue weighted by Crippen LogP contribution is 2.27. The molecule has 0 aliphatic heterocycles. The molecule has 3 rings (SSSR count). The Balaban J connectivity index is 0.00000300. The van der Waals surface area contributed by atoms with E-state index >= 15 is 0 Å². The number of hydrogen-bond donors (Lipinski definition) is 2. The van der Waals surface area contributed by atoms with Crippen molar-refractivity contribution in [2.24, 2.45) is 4.99 Å². The molecule has 2 aromatic heterocycles. The van der Waals surface area contributed by atoms with E-state index in [9.17, 15) is 0 Å². The van der Waals surface area contributed by atoms with Crippen LogP contribution in [-0.4, -0.2) is 29.7 Å². The number of rotatable bonds is 9. The Kier molecular flexibility index (Phi) is 10.4. The minimum atomic E-state index is 0. The van der Waals surface area contributed by atoms with E-state index in [1.807, 2.05) is 11.3 Å². The molecule has 6 nitrogen and oxygen atoms in total. The van der Waals surface area contributed by atoms with Crippen LogP contribution in [0.3, 0.4) is 0 Å². The number of thiazole rings is 1. The summed E-state index contributed by atoms with van der Waals surface area (Å²) in [5, 5.41) is 12.2. The Morgan fingerprint density at radius 2 is 2.03 bits per heavy atom. The Hall–Kier alpha value is -1.16. The first-order chi connectivity index (χ1) is 13.7. The van der Waals surface area contributed by atoms with Crippen LogP contribution in [-0.2, 0) is 25.8 Å². The van der Waals surface area contributed by atoms with Crippen LogP contribution in [0.15, 0.2) is 15.6 Å². The Morgan fingerprint density at radius 3 is 2.76 bits per heavy atom. The highest BCUT2D eigenvalue weighted by Gasteiger charge is 2.15. The Labute approximate surface area is 195 Å². The van der Waals surface area contributed by atoms with Crippen LogP contribution in [0, 0.1) is 0 Å². The smallest absolute Gasteiger partial charge is 0.191 e. The van der Waals surface area contributed by atoms with Crippen molar-refractivity contribution in [3.8, 4) is 0 Å². The number of nitrogens with zero attached hydrogens (tertiary/aromatic N) is 3. The van der Waals surface area contributed by atoms with E-state index in [0.717, 1.165) is 49.6 Å². The van der Waals surface area contributed by atoms with E-state index in [0.29, 0.717) is 12.5 Å². The predicted octanol–water partition coefficient (Wildman–Crippen LogP) is 4.83. The normalized spacial score (nSPS) is 13.9. The second-order valence-corrected chi connectivity index (χ2v) is 8.54. The Bertz CT molecular complexity index is 745. The number of guanidine groups is 1. The molecule has 0 saturated carbocycles. The van der Waals surface area contributed by atoms with Crippen molar-refractivity contribution in [1.82, 2.24) is 20.8 Å². The second kappa shape index (κ2) is 12.5. The van der Waals surface area contributed by atoms with Crippen LogP contribution in [0.5, 0.6) is 0 Å². The van der Waals surface area contributed by atoms with E-state index in [-0.39, 0.29) is 24.0 Å². The average molecular weight is 532 g/mol. The highest BCUT2D eigenvalue weighted by molar-refractivity contribution is 14.0. The van der Waals surface area contributed by atoms with Crippen molar-refractivity contribution in [1.29, 1.82) is 0 Å². The fourth-order valence-corrected chi connectivity index (χ4v) is 4.86.